The lowest BCUT2D eigenvalue weighted by Gasteiger charge is -2.24. The van der Waals surface area contributed by atoms with Crippen LogP contribution in [-0.2, 0) is 16.0 Å². The summed E-state index contributed by atoms with van der Waals surface area (Å²) in [5, 5.41) is 5.87. The molecule has 2 aliphatic rings. The number of carbonyl (C=O) groups is 2. The summed E-state index contributed by atoms with van der Waals surface area (Å²) < 4.78 is 0. The average molecular weight is 358 g/mol. The number of nitrogens with zero attached hydrogens (tertiary/aromatic N) is 2. The standard InChI is InChI=1S/C20H30N4O2/c1-14(2)12-24-13-20(11-17(24)19(26)21-3)10-16(20)18(25)23-9-6-15-4-7-22-8-5-15/h4-5,7-8,14,16-17H,6,9-13H2,1-3H3,(H,21,26)(H,23,25)/t16-,17+,20+/m1/s1. The van der Waals surface area contributed by atoms with Gasteiger partial charge in [-0.25, -0.2) is 0 Å². The van der Waals surface area contributed by atoms with Gasteiger partial charge in [0.2, 0.25) is 11.8 Å². The average Bonchev–Trinajstić information content (AvgIpc) is 3.20. The number of likely N-dealkylation sites (N-methyl/N-ethyl adjacent to an activating group) is 1. The van der Waals surface area contributed by atoms with Gasteiger partial charge in [0.05, 0.1) is 6.04 Å². The predicted molar refractivity (Wildman–Crippen MR) is 100 cm³/mol. The number of amides is 2. The monoisotopic (exact) mass is 358 g/mol. The topological polar surface area (TPSA) is 74.3 Å². The number of hydrogen-bond acceptors (Lipinski definition) is 4. The second-order valence-electron chi connectivity index (χ2n) is 8.17. The van der Waals surface area contributed by atoms with Gasteiger partial charge in [-0.1, -0.05) is 13.8 Å². The normalized spacial score (nSPS) is 27.7. The summed E-state index contributed by atoms with van der Waals surface area (Å²) in [7, 11) is 1.69. The van der Waals surface area contributed by atoms with Gasteiger partial charge >= 0.3 is 0 Å². The minimum absolute atomic E-state index is 0.00713. The molecule has 0 bridgehead atoms. The maximum Gasteiger partial charge on any atom is 0.237 e. The molecule has 2 amide bonds. The van der Waals surface area contributed by atoms with Gasteiger partial charge in [-0.05, 0) is 48.3 Å². The van der Waals surface area contributed by atoms with Gasteiger partial charge in [-0.3, -0.25) is 19.5 Å². The Hall–Kier alpha value is -1.95. The molecular formula is C20H30N4O2. The van der Waals surface area contributed by atoms with Crippen molar-refractivity contribution in [1.29, 1.82) is 0 Å². The molecule has 142 valence electrons. The van der Waals surface area contributed by atoms with Crippen LogP contribution < -0.4 is 10.6 Å². The summed E-state index contributed by atoms with van der Waals surface area (Å²) >= 11 is 0. The van der Waals surface area contributed by atoms with E-state index >= 15 is 0 Å². The first-order chi connectivity index (χ1) is 12.4. The van der Waals surface area contributed by atoms with E-state index in [-0.39, 0.29) is 29.2 Å². The number of likely N-dealkylation sites (tertiary alicyclic amines) is 1. The molecule has 3 rings (SSSR count). The third-order valence-corrected chi connectivity index (χ3v) is 5.68. The van der Waals surface area contributed by atoms with E-state index in [0.717, 1.165) is 32.4 Å². The Morgan fingerprint density at radius 2 is 2.00 bits per heavy atom. The van der Waals surface area contributed by atoms with Crippen molar-refractivity contribution >= 4 is 11.8 Å². The summed E-state index contributed by atoms with van der Waals surface area (Å²) in [5.41, 5.74) is 1.17. The van der Waals surface area contributed by atoms with Crippen LogP contribution in [0.15, 0.2) is 24.5 Å². The highest BCUT2D eigenvalue weighted by atomic mass is 16.2. The molecule has 6 nitrogen and oxygen atoms in total. The van der Waals surface area contributed by atoms with E-state index in [0.29, 0.717) is 12.5 Å². The summed E-state index contributed by atoms with van der Waals surface area (Å²) in [5.74, 6) is 0.764. The quantitative estimate of drug-likeness (QED) is 0.769. The van der Waals surface area contributed by atoms with Crippen LogP contribution >= 0.6 is 0 Å². The first kappa shape index (κ1) is 18.8. The summed E-state index contributed by atoms with van der Waals surface area (Å²) in [6.45, 7) is 6.73. The second kappa shape index (κ2) is 7.74. The number of pyridine rings is 1. The lowest BCUT2D eigenvalue weighted by atomic mass is 9.99. The van der Waals surface area contributed by atoms with Gasteiger partial charge in [-0.2, -0.15) is 0 Å². The Labute approximate surface area is 155 Å². The largest absolute Gasteiger partial charge is 0.358 e. The molecule has 26 heavy (non-hydrogen) atoms. The fourth-order valence-corrected chi connectivity index (χ4v) is 4.30. The minimum Gasteiger partial charge on any atom is -0.358 e. The number of aromatic nitrogens is 1. The lowest BCUT2D eigenvalue weighted by Crippen LogP contribution is -2.43. The van der Waals surface area contributed by atoms with Crippen LogP contribution in [0.25, 0.3) is 0 Å². The van der Waals surface area contributed by atoms with Gasteiger partial charge in [0, 0.05) is 45.0 Å². The van der Waals surface area contributed by atoms with Crippen LogP contribution in [0.2, 0.25) is 0 Å². The third kappa shape index (κ3) is 4.06. The van der Waals surface area contributed by atoms with Gasteiger partial charge < -0.3 is 10.6 Å². The van der Waals surface area contributed by atoms with Gasteiger partial charge in [0.1, 0.15) is 0 Å². The predicted octanol–water partition coefficient (Wildman–Crippen LogP) is 1.22. The van der Waals surface area contributed by atoms with Crippen molar-refractivity contribution in [2.75, 3.05) is 26.7 Å². The molecule has 1 spiro atoms. The molecule has 0 aromatic carbocycles. The van der Waals surface area contributed by atoms with Gasteiger partial charge in [-0.15, -0.1) is 0 Å². The molecule has 0 radical (unpaired) electrons. The highest BCUT2D eigenvalue weighted by molar-refractivity contribution is 5.85. The van der Waals surface area contributed by atoms with Crippen molar-refractivity contribution in [2.45, 2.75) is 39.2 Å². The molecule has 1 saturated carbocycles. The lowest BCUT2D eigenvalue weighted by molar-refractivity contribution is -0.125. The van der Waals surface area contributed by atoms with Crippen molar-refractivity contribution in [3.05, 3.63) is 30.1 Å². The van der Waals surface area contributed by atoms with Crippen molar-refractivity contribution in [3.8, 4) is 0 Å². The van der Waals surface area contributed by atoms with E-state index in [2.05, 4.69) is 34.4 Å². The SMILES string of the molecule is CNC(=O)[C@@H]1C[C@@]2(C[C@@H]2C(=O)NCCc2ccncc2)CN1CC(C)C. The van der Waals surface area contributed by atoms with E-state index in [9.17, 15) is 9.59 Å². The number of rotatable bonds is 7. The van der Waals surface area contributed by atoms with Crippen LogP contribution in [0.5, 0.6) is 0 Å². The highest BCUT2D eigenvalue weighted by Crippen LogP contribution is 2.60. The molecule has 1 aromatic rings. The zero-order valence-electron chi connectivity index (χ0n) is 16.0. The van der Waals surface area contributed by atoms with E-state index in [1.807, 2.05) is 12.1 Å². The van der Waals surface area contributed by atoms with E-state index in [1.54, 1.807) is 19.4 Å². The fraction of sp³-hybridized carbons (Fsp3) is 0.650. The minimum atomic E-state index is -0.1000. The summed E-state index contributed by atoms with van der Waals surface area (Å²) in [6, 6.07) is 3.84. The number of carbonyl (C=O) groups excluding carboxylic acids is 2. The molecule has 2 heterocycles. The van der Waals surface area contributed by atoms with E-state index in [1.165, 1.54) is 5.56 Å². The van der Waals surface area contributed by atoms with Crippen LogP contribution in [0.3, 0.4) is 0 Å². The number of nitrogens with one attached hydrogen (secondary N) is 2. The number of hydrogen-bond donors (Lipinski definition) is 2. The van der Waals surface area contributed by atoms with Crippen LogP contribution in [-0.4, -0.2) is 54.4 Å². The Morgan fingerprint density at radius 3 is 2.65 bits per heavy atom. The molecular weight excluding hydrogens is 328 g/mol. The maximum atomic E-state index is 12.6. The Kier molecular flexibility index (Phi) is 5.61. The molecule has 3 atom stereocenters. The van der Waals surface area contributed by atoms with Crippen molar-refractivity contribution in [3.63, 3.8) is 0 Å². The molecule has 2 N–H and O–H groups in total. The van der Waals surface area contributed by atoms with E-state index in [4.69, 9.17) is 0 Å². The molecule has 1 aliphatic carbocycles. The molecule has 6 heteroatoms. The Bertz CT molecular complexity index is 648. The summed E-state index contributed by atoms with van der Waals surface area (Å²) in [6.07, 6.45) is 6.05. The van der Waals surface area contributed by atoms with Crippen LogP contribution in [0.4, 0.5) is 0 Å². The molecule has 1 aromatic heterocycles. The van der Waals surface area contributed by atoms with Crippen molar-refractivity contribution in [2.24, 2.45) is 17.3 Å². The first-order valence-electron chi connectivity index (χ1n) is 9.57. The Morgan fingerprint density at radius 1 is 1.27 bits per heavy atom. The fourth-order valence-electron chi connectivity index (χ4n) is 4.30. The zero-order chi connectivity index (χ0) is 18.7. The first-order valence-corrected chi connectivity index (χ1v) is 9.57. The molecule has 1 saturated heterocycles. The molecule has 1 aliphatic heterocycles. The smallest absolute Gasteiger partial charge is 0.237 e. The van der Waals surface area contributed by atoms with Crippen molar-refractivity contribution in [1.82, 2.24) is 20.5 Å². The van der Waals surface area contributed by atoms with Crippen LogP contribution in [0, 0.1) is 17.3 Å². The molecule has 0 unspecified atom stereocenters. The Balaban J connectivity index is 1.53. The second-order valence-corrected chi connectivity index (χ2v) is 8.17. The maximum absolute atomic E-state index is 12.6. The van der Waals surface area contributed by atoms with Crippen molar-refractivity contribution < 1.29 is 9.59 Å². The summed E-state index contributed by atoms with van der Waals surface area (Å²) in [4.78, 5) is 31.1. The zero-order valence-corrected chi connectivity index (χ0v) is 16.0. The van der Waals surface area contributed by atoms with Crippen LogP contribution in [0.1, 0.15) is 32.3 Å². The third-order valence-electron chi connectivity index (χ3n) is 5.68. The highest BCUT2D eigenvalue weighted by Gasteiger charge is 2.63. The molecule has 2 fully saturated rings. The van der Waals surface area contributed by atoms with Gasteiger partial charge in [0.15, 0.2) is 0 Å². The van der Waals surface area contributed by atoms with Gasteiger partial charge in [0.25, 0.3) is 0 Å². The van der Waals surface area contributed by atoms with E-state index < -0.39 is 0 Å².